The molecule has 0 spiro atoms. The van der Waals surface area contributed by atoms with Crippen molar-refractivity contribution in [2.75, 3.05) is 6.54 Å². The fourth-order valence-electron chi connectivity index (χ4n) is 2.85. The number of amides is 1. The minimum atomic E-state index is -0.139. The van der Waals surface area contributed by atoms with E-state index in [9.17, 15) is 9.59 Å². The second-order valence-electron chi connectivity index (χ2n) is 6.07. The number of pyridine rings is 1. The number of hydrogen-bond donors (Lipinski definition) is 2. The lowest BCUT2D eigenvalue weighted by Gasteiger charge is -2.10. The molecule has 4 rings (SSSR count). The van der Waals surface area contributed by atoms with Crippen LogP contribution < -0.4 is 10.2 Å². The molecule has 1 aliphatic carbocycles. The summed E-state index contributed by atoms with van der Waals surface area (Å²) in [7, 11) is 0. The van der Waals surface area contributed by atoms with Crippen molar-refractivity contribution in [2.24, 2.45) is 0 Å². The number of hydrogen-bond acceptors (Lipinski definition) is 4. The predicted molar refractivity (Wildman–Crippen MR) is 94.7 cm³/mol. The van der Waals surface area contributed by atoms with E-state index < -0.39 is 0 Å². The summed E-state index contributed by atoms with van der Waals surface area (Å²) in [6.07, 6.45) is 2.85. The highest BCUT2D eigenvalue weighted by atomic mass is 32.1. The Bertz CT molecular complexity index is 956. The summed E-state index contributed by atoms with van der Waals surface area (Å²) in [6.45, 7) is 0.476. The van der Waals surface area contributed by atoms with Crippen LogP contribution in [-0.4, -0.2) is 22.4 Å². The Morgan fingerprint density at radius 3 is 2.92 bits per heavy atom. The van der Waals surface area contributed by atoms with Gasteiger partial charge >= 0.3 is 4.87 Å². The molecular weight excluding hydrogens is 322 g/mol. The summed E-state index contributed by atoms with van der Waals surface area (Å²) in [5, 5.41) is 5.79. The molecule has 0 atom stereocenters. The fourth-order valence-corrected chi connectivity index (χ4v) is 3.47. The standard InChI is InChI=1S/C18H17N3O2S/c22-17(19-8-7-13-10-24-18(23)20-13)16-14(11-5-6-11)9-12-3-1-2-4-15(12)21-16/h1-4,9-11H,5-8H2,(H,19,22)(H,20,23). The number of nitrogens with one attached hydrogen (secondary N) is 2. The van der Waals surface area contributed by atoms with Gasteiger partial charge in [-0.1, -0.05) is 29.5 Å². The number of fused-ring (bicyclic) bond motifs is 1. The van der Waals surface area contributed by atoms with Gasteiger partial charge in [0.1, 0.15) is 5.69 Å². The molecule has 0 radical (unpaired) electrons. The average molecular weight is 339 g/mol. The van der Waals surface area contributed by atoms with Crippen LogP contribution in [0.3, 0.4) is 0 Å². The molecule has 6 heteroatoms. The second-order valence-corrected chi connectivity index (χ2v) is 6.91. The molecule has 2 heterocycles. The largest absolute Gasteiger partial charge is 0.350 e. The maximum absolute atomic E-state index is 12.6. The highest BCUT2D eigenvalue weighted by molar-refractivity contribution is 7.07. The van der Waals surface area contributed by atoms with Crippen LogP contribution in [0.1, 0.15) is 40.5 Å². The van der Waals surface area contributed by atoms with Gasteiger partial charge in [-0.15, -0.1) is 0 Å². The molecule has 24 heavy (non-hydrogen) atoms. The van der Waals surface area contributed by atoms with Crippen LogP contribution in [0.25, 0.3) is 10.9 Å². The van der Waals surface area contributed by atoms with Crippen LogP contribution in [0, 0.1) is 0 Å². The van der Waals surface area contributed by atoms with Gasteiger partial charge in [-0.25, -0.2) is 4.98 Å². The molecule has 1 aromatic carbocycles. The highest BCUT2D eigenvalue weighted by Crippen LogP contribution is 2.42. The smallest absolute Gasteiger partial charge is 0.304 e. The molecule has 0 bridgehead atoms. The number of para-hydroxylation sites is 1. The number of carbonyl (C=O) groups is 1. The van der Waals surface area contributed by atoms with Crippen molar-refractivity contribution in [3.63, 3.8) is 0 Å². The first kappa shape index (κ1) is 15.1. The molecule has 1 fully saturated rings. The molecule has 2 aromatic heterocycles. The van der Waals surface area contributed by atoms with Gasteiger partial charge in [0, 0.05) is 29.4 Å². The third-order valence-electron chi connectivity index (χ3n) is 4.24. The third kappa shape index (κ3) is 3.10. The Morgan fingerprint density at radius 2 is 2.17 bits per heavy atom. The zero-order valence-electron chi connectivity index (χ0n) is 13.0. The van der Waals surface area contributed by atoms with Gasteiger partial charge in [0.15, 0.2) is 0 Å². The molecule has 5 nitrogen and oxygen atoms in total. The Morgan fingerprint density at radius 1 is 1.33 bits per heavy atom. The first-order valence-corrected chi connectivity index (χ1v) is 8.93. The summed E-state index contributed by atoms with van der Waals surface area (Å²) in [5.74, 6) is 0.316. The average Bonchev–Trinajstić information content (AvgIpc) is 3.36. The Hall–Kier alpha value is -2.47. The maximum atomic E-state index is 12.6. The molecular formula is C18H17N3O2S. The summed E-state index contributed by atoms with van der Waals surface area (Å²) >= 11 is 1.14. The normalized spacial score (nSPS) is 14.0. The molecule has 1 amide bonds. The molecule has 0 unspecified atom stereocenters. The van der Waals surface area contributed by atoms with E-state index in [1.807, 2.05) is 24.3 Å². The van der Waals surface area contributed by atoms with Crippen LogP contribution in [0.4, 0.5) is 0 Å². The fraction of sp³-hybridized carbons (Fsp3) is 0.278. The summed E-state index contributed by atoms with van der Waals surface area (Å²) < 4.78 is 0. The van der Waals surface area contributed by atoms with Gasteiger partial charge in [0.05, 0.1) is 5.52 Å². The minimum absolute atomic E-state index is 0.0662. The number of H-pyrrole nitrogens is 1. The Kier molecular flexibility index (Phi) is 3.90. The van der Waals surface area contributed by atoms with Crippen molar-refractivity contribution in [1.29, 1.82) is 0 Å². The highest BCUT2D eigenvalue weighted by Gasteiger charge is 2.29. The summed E-state index contributed by atoms with van der Waals surface area (Å²) in [4.78, 5) is 31.0. The SMILES string of the molecule is O=C(NCCc1csc(=O)[nH]1)c1nc2ccccc2cc1C1CC1. The van der Waals surface area contributed by atoms with Crippen molar-refractivity contribution in [3.8, 4) is 0 Å². The van der Waals surface area contributed by atoms with Crippen LogP contribution in [-0.2, 0) is 6.42 Å². The van der Waals surface area contributed by atoms with E-state index in [0.717, 1.165) is 46.3 Å². The zero-order valence-corrected chi connectivity index (χ0v) is 13.9. The van der Waals surface area contributed by atoms with Crippen molar-refractivity contribution in [2.45, 2.75) is 25.2 Å². The number of carbonyl (C=O) groups excluding carboxylic acids is 1. The van der Waals surface area contributed by atoms with Gasteiger partial charge in [-0.2, -0.15) is 0 Å². The summed E-state index contributed by atoms with van der Waals surface area (Å²) in [6, 6.07) is 9.98. The first-order chi connectivity index (χ1) is 11.7. The number of thiazole rings is 1. The van der Waals surface area contributed by atoms with Gasteiger partial charge < -0.3 is 10.3 Å². The van der Waals surface area contributed by atoms with E-state index in [0.29, 0.717) is 24.6 Å². The molecule has 0 saturated heterocycles. The van der Waals surface area contributed by atoms with Crippen LogP contribution >= 0.6 is 11.3 Å². The van der Waals surface area contributed by atoms with E-state index in [1.165, 1.54) is 0 Å². The van der Waals surface area contributed by atoms with Crippen molar-refractivity contribution in [3.05, 3.63) is 62.3 Å². The van der Waals surface area contributed by atoms with Gasteiger partial charge in [-0.05, 0) is 36.5 Å². The third-order valence-corrected chi connectivity index (χ3v) is 4.95. The van der Waals surface area contributed by atoms with Crippen molar-refractivity contribution < 1.29 is 4.79 Å². The van der Waals surface area contributed by atoms with Gasteiger partial charge in [0.2, 0.25) is 0 Å². The molecule has 2 N–H and O–H groups in total. The van der Waals surface area contributed by atoms with Crippen LogP contribution in [0.2, 0.25) is 0 Å². The number of benzene rings is 1. The van der Waals surface area contributed by atoms with Gasteiger partial charge in [-0.3, -0.25) is 9.59 Å². The minimum Gasteiger partial charge on any atom is -0.350 e. The molecule has 0 aliphatic heterocycles. The first-order valence-electron chi connectivity index (χ1n) is 8.05. The van der Waals surface area contributed by atoms with E-state index in [4.69, 9.17) is 0 Å². The monoisotopic (exact) mass is 339 g/mol. The summed E-state index contributed by atoms with van der Waals surface area (Å²) in [5.41, 5.74) is 3.28. The van der Waals surface area contributed by atoms with Crippen molar-refractivity contribution >= 4 is 28.1 Å². The lowest BCUT2D eigenvalue weighted by Crippen LogP contribution is -2.27. The number of nitrogens with zero attached hydrogens (tertiary/aromatic N) is 1. The zero-order chi connectivity index (χ0) is 16.5. The lowest BCUT2D eigenvalue weighted by molar-refractivity contribution is 0.0948. The molecule has 1 saturated carbocycles. The molecule has 3 aromatic rings. The quantitative estimate of drug-likeness (QED) is 0.750. The topological polar surface area (TPSA) is 74.8 Å². The van der Waals surface area contributed by atoms with E-state index >= 15 is 0 Å². The van der Waals surface area contributed by atoms with E-state index in [-0.39, 0.29) is 10.8 Å². The maximum Gasteiger partial charge on any atom is 0.304 e. The van der Waals surface area contributed by atoms with E-state index in [1.54, 1.807) is 5.38 Å². The number of aromatic amines is 1. The lowest BCUT2D eigenvalue weighted by atomic mass is 10.0. The molecule has 1 aliphatic rings. The number of aromatic nitrogens is 2. The van der Waals surface area contributed by atoms with Crippen LogP contribution in [0.15, 0.2) is 40.5 Å². The Balaban J connectivity index is 1.54. The van der Waals surface area contributed by atoms with E-state index in [2.05, 4.69) is 21.4 Å². The van der Waals surface area contributed by atoms with Crippen LogP contribution in [0.5, 0.6) is 0 Å². The predicted octanol–water partition coefficient (Wildman–Crippen LogP) is 2.83. The second kappa shape index (κ2) is 6.20. The van der Waals surface area contributed by atoms with Gasteiger partial charge in [0.25, 0.3) is 5.91 Å². The number of rotatable bonds is 5. The van der Waals surface area contributed by atoms with Crippen molar-refractivity contribution in [1.82, 2.24) is 15.3 Å². The Labute approximate surface area is 142 Å². The molecule has 122 valence electrons.